The van der Waals surface area contributed by atoms with Crippen LogP contribution in [0.3, 0.4) is 0 Å². The molecule has 1 aliphatic heterocycles. The third-order valence-corrected chi connectivity index (χ3v) is 2.96. The molecule has 0 spiro atoms. The molecule has 2 nitrogen and oxygen atoms in total. The molecule has 0 bridgehead atoms. The quantitative estimate of drug-likeness (QED) is 0.574. The van der Waals surface area contributed by atoms with Crippen molar-refractivity contribution in [2.75, 3.05) is 13.1 Å². The summed E-state index contributed by atoms with van der Waals surface area (Å²) in [5, 5.41) is 12.9. The van der Waals surface area contributed by atoms with Gasteiger partial charge in [-0.05, 0) is 25.3 Å². The fraction of sp³-hybridized carbons (Fsp3) is 1.00. The van der Waals surface area contributed by atoms with Crippen LogP contribution in [0.1, 0.15) is 19.3 Å². The first-order valence-corrected chi connectivity index (χ1v) is 4.26. The van der Waals surface area contributed by atoms with E-state index in [1.807, 2.05) is 0 Å². The van der Waals surface area contributed by atoms with Gasteiger partial charge in [-0.15, -0.1) is 12.4 Å². The van der Waals surface area contributed by atoms with E-state index in [1.165, 1.54) is 12.8 Å². The topological polar surface area (TPSA) is 32.3 Å². The minimum absolute atomic E-state index is 0. The number of fused-ring (bicyclic) bond motifs is 1. The SMILES string of the molecule is Cl.O[C@@H]1CCC[C@@H]2CNC[C@@H]21. The van der Waals surface area contributed by atoms with Gasteiger partial charge in [0.2, 0.25) is 0 Å². The number of halogens is 1. The van der Waals surface area contributed by atoms with Crippen LogP contribution in [-0.2, 0) is 0 Å². The average Bonchev–Trinajstić information content (AvgIpc) is 2.36. The van der Waals surface area contributed by atoms with Gasteiger partial charge in [-0.3, -0.25) is 0 Å². The van der Waals surface area contributed by atoms with Crippen molar-refractivity contribution in [3.05, 3.63) is 0 Å². The Morgan fingerprint density at radius 2 is 2.00 bits per heavy atom. The Bertz CT molecular complexity index is 131. The summed E-state index contributed by atoms with van der Waals surface area (Å²) in [6.07, 6.45) is 3.58. The Morgan fingerprint density at radius 3 is 2.73 bits per heavy atom. The van der Waals surface area contributed by atoms with E-state index >= 15 is 0 Å². The van der Waals surface area contributed by atoms with Gasteiger partial charge in [-0.2, -0.15) is 0 Å². The second-order valence-corrected chi connectivity index (χ2v) is 3.58. The molecule has 3 atom stereocenters. The van der Waals surface area contributed by atoms with E-state index in [1.54, 1.807) is 0 Å². The molecule has 0 radical (unpaired) electrons. The molecule has 0 unspecified atom stereocenters. The van der Waals surface area contributed by atoms with Crippen LogP contribution in [0.4, 0.5) is 0 Å². The molecule has 0 aromatic rings. The molecule has 1 heterocycles. The first-order chi connectivity index (χ1) is 4.88. The Morgan fingerprint density at radius 1 is 1.18 bits per heavy atom. The molecule has 0 aromatic carbocycles. The number of nitrogens with one attached hydrogen (secondary N) is 1. The molecule has 66 valence electrons. The number of hydrogen-bond donors (Lipinski definition) is 2. The number of rotatable bonds is 0. The normalized spacial score (nSPS) is 42.8. The molecular formula is C8H16ClNO. The summed E-state index contributed by atoms with van der Waals surface area (Å²) in [7, 11) is 0. The summed E-state index contributed by atoms with van der Waals surface area (Å²) in [4.78, 5) is 0. The van der Waals surface area contributed by atoms with Gasteiger partial charge in [0.05, 0.1) is 6.10 Å². The average molecular weight is 178 g/mol. The van der Waals surface area contributed by atoms with Crippen LogP contribution < -0.4 is 5.32 Å². The van der Waals surface area contributed by atoms with Crippen molar-refractivity contribution in [1.82, 2.24) is 5.32 Å². The summed E-state index contributed by atoms with van der Waals surface area (Å²) in [5.41, 5.74) is 0. The van der Waals surface area contributed by atoms with Crippen LogP contribution in [0, 0.1) is 11.8 Å². The number of aliphatic hydroxyl groups is 1. The standard InChI is InChI=1S/C8H15NO.ClH/c10-8-3-1-2-6-4-9-5-7(6)8;/h6-10H,1-5H2;1H/t6-,7+,8-;/m1./s1. The summed E-state index contributed by atoms with van der Waals surface area (Å²) in [6, 6.07) is 0. The summed E-state index contributed by atoms with van der Waals surface area (Å²) >= 11 is 0. The Kier molecular flexibility index (Phi) is 3.16. The maximum Gasteiger partial charge on any atom is 0.0583 e. The van der Waals surface area contributed by atoms with Crippen molar-refractivity contribution in [2.45, 2.75) is 25.4 Å². The van der Waals surface area contributed by atoms with Gasteiger partial charge < -0.3 is 10.4 Å². The predicted octanol–water partition coefficient (Wildman–Crippen LogP) is 0.789. The van der Waals surface area contributed by atoms with Gasteiger partial charge in [0.25, 0.3) is 0 Å². The molecule has 3 heteroatoms. The molecule has 1 saturated carbocycles. The molecule has 1 aliphatic carbocycles. The first-order valence-electron chi connectivity index (χ1n) is 4.26. The van der Waals surface area contributed by atoms with Gasteiger partial charge in [0.15, 0.2) is 0 Å². The van der Waals surface area contributed by atoms with Crippen LogP contribution >= 0.6 is 12.4 Å². The van der Waals surface area contributed by atoms with Crippen molar-refractivity contribution < 1.29 is 5.11 Å². The van der Waals surface area contributed by atoms with Crippen LogP contribution in [0.2, 0.25) is 0 Å². The van der Waals surface area contributed by atoms with Crippen molar-refractivity contribution >= 4 is 12.4 Å². The largest absolute Gasteiger partial charge is 0.393 e. The lowest BCUT2D eigenvalue weighted by atomic mass is 9.80. The highest BCUT2D eigenvalue weighted by atomic mass is 35.5. The lowest BCUT2D eigenvalue weighted by Gasteiger charge is -2.28. The highest BCUT2D eigenvalue weighted by Crippen LogP contribution is 2.32. The van der Waals surface area contributed by atoms with Gasteiger partial charge >= 0.3 is 0 Å². The lowest BCUT2D eigenvalue weighted by Crippen LogP contribution is -2.31. The summed E-state index contributed by atoms with van der Waals surface area (Å²) in [6.45, 7) is 2.19. The third-order valence-electron chi connectivity index (χ3n) is 2.96. The molecule has 0 amide bonds. The van der Waals surface area contributed by atoms with Gasteiger partial charge in [0.1, 0.15) is 0 Å². The predicted molar refractivity (Wildman–Crippen MR) is 47.0 cm³/mol. The lowest BCUT2D eigenvalue weighted by molar-refractivity contribution is 0.0563. The summed E-state index contributed by atoms with van der Waals surface area (Å²) < 4.78 is 0. The monoisotopic (exact) mass is 177 g/mol. The van der Waals surface area contributed by atoms with Gasteiger partial charge in [-0.25, -0.2) is 0 Å². The highest BCUT2D eigenvalue weighted by Gasteiger charge is 2.35. The van der Waals surface area contributed by atoms with E-state index in [0.29, 0.717) is 5.92 Å². The Labute approximate surface area is 73.8 Å². The molecule has 11 heavy (non-hydrogen) atoms. The zero-order chi connectivity index (χ0) is 6.97. The second-order valence-electron chi connectivity index (χ2n) is 3.58. The van der Waals surface area contributed by atoms with E-state index in [4.69, 9.17) is 0 Å². The second kappa shape index (κ2) is 3.74. The van der Waals surface area contributed by atoms with Crippen molar-refractivity contribution in [3.8, 4) is 0 Å². The van der Waals surface area contributed by atoms with Crippen molar-refractivity contribution in [2.24, 2.45) is 11.8 Å². The zero-order valence-corrected chi connectivity index (χ0v) is 7.44. The maximum atomic E-state index is 9.54. The van der Waals surface area contributed by atoms with Crippen LogP contribution in [-0.4, -0.2) is 24.3 Å². The first kappa shape index (κ1) is 9.30. The van der Waals surface area contributed by atoms with Crippen molar-refractivity contribution in [3.63, 3.8) is 0 Å². The minimum atomic E-state index is -0.00579. The maximum absolute atomic E-state index is 9.54. The number of aliphatic hydroxyl groups excluding tert-OH is 1. The van der Waals surface area contributed by atoms with E-state index in [9.17, 15) is 5.11 Å². The molecule has 2 rings (SSSR count). The van der Waals surface area contributed by atoms with Crippen LogP contribution in [0.25, 0.3) is 0 Å². The fourth-order valence-electron chi connectivity index (χ4n) is 2.32. The van der Waals surface area contributed by atoms with Crippen molar-refractivity contribution in [1.29, 1.82) is 0 Å². The molecule has 2 fully saturated rings. The molecule has 0 aromatic heterocycles. The summed E-state index contributed by atoms with van der Waals surface area (Å²) in [5.74, 6) is 1.36. The smallest absolute Gasteiger partial charge is 0.0583 e. The van der Waals surface area contributed by atoms with E-state index in [-0.39, 0.29) is 18.5 Å². The highest BCUT2D eigenvalue weighted by molar-refractivity contribution is 5.85. The minimum Gasteiger partial charge on any atom is -0.393 e. The number of hydrogen-bond acceptors (Lipinski definition) is 2. The van der Waals surface area contributed by atoms with E-state index in [2.05, 4.69) is 5.32 Å². The third kappa shape index (κ3) is 1.68. The van der Waals surface area contributed by atoms with Crippen LogP contribution in [0.5, 0.6) is 0 Å². The molecule has 1 saturated heterocycles. The molecular weight excluding hydrogens is 162 g/mol. The Hall–Kier alpha value is 0.210. The van der Waals surface area contributed by atoms with E-state index < -0.39 is 0 Å². The Balaban J connectivity index is 0.000000605. The fourth-order valence-corrected chi connectivity index (χ4v) is 2.32. The van der Waals surface area contributed by atoms with Gasteiger partial charge in [-0.1, -0.05) is 6.42 Å². The molecule has 2 N–H and O–H groups in total. The van der Waals surface area contributed by atoms with Gasteiger partial charge in [0, 0.05) is 12.5 Å². The van der Waals surface area contributed by atoms with Crippen LogP contribution in [0.15, 0.2) is 0 Å². The zero-order valence-electron chi connectivity index (χ0n) is 6.62. The molecule has 2 aliphatic rings. The van der Waals surface area contributed by atoms with E-state index in [0.717, 1.165) is 25.4 Å².